The smallest absolute Gasteiger partial charge is 0.00559 e. The Balaban J connectivity index is 0.000000125. The van der Waals surface area contributed by atoms with Gasteiger partial charge in [-0.25, -0.2) is 0 Å². The van der Waals surface area contributed by atoms with Crippen LogP contribution in [0, 0.1) is 55.4 Å². The molecular formula is C140H136P6. The van der Waals surface area contributed by atoms with Crippen LogP contribution in [0.1, 0.15) is 188 Å². The summed E-state index contributed by atoms with van der Waals surface area (Å²) >= 11 is 0. The van der Waals surface area contributed by atoms with Gasteiger partial charge in [0, 0.05) is 0 Å². The predicted molar refractivity (Wildman–Crippen MR) is 646 cm³/mol. The first kappa shape index (κ1) is 99.2. The van der Waals surface area contributed by atoms with Crippen molar-refractivity contribution in [1.82, 2.24) is 0 Å². The molecule has 0 N–H and O–H groups in total. The van der Waals surface area contributed by atoms with Gasteiger partial charge in [-0.05, 0) is 453 Å². The zero-order chi connectivity index (χ0) is 99.1. The van der Waals surface area contributed by atoms with Crippen LogP contribution in [0.4, 0.5) is 0 Å². The van der Waals surface area contributed by atoms with E-state index in [0.717, 1.165) is 0 Å². The van der Waals surface area contributed by atoms with Gasteiger partial charge in [-0.2, -0.15) is 0 Å². The maximum atomic E-state index is 2.57. The lowest BCUT2D eigenvalue weighted by molar-refractivity contribution is 0.682. The highest BCUT2D eigenvalue weighted by Crippen LogP contribution is 2.53. The highest BCUT2D eigenvalue weighted by atomic mass is 31.1. The molecule has 0 aliphatic heterocycles. The zero-order valence-electron chi connectivity index (χ0n) is 86.6. The van der Waals surface area contributed by atoms with Crippen molar-refractivity contribution in [3.63, 3.8) is 0 Å². The average Bonchev–Trinajstić information content (AvgIpc) is 0.736. The Morgan fingerprint density at radius 1 is 0.123 bits per heavy atom. The Hall–Kier alpha value is -11.5. The van der Waals surface area contributed by atoms with E-state index in [4.69, 9.17) is 0 Å². The molecule has 0 spiro atoms. The fourth-order valence-corrected chi connectivity index (χ4v) is 40.4. The molecule has 0 heterocycles. The summed E-state index contributed by atoms with van der Waals surface area (Å²) in [6, 6.07) is 151. The lowest BCUT2D eigenvalue weighted by Gasteiger charge is -2.33. The Morgan fingerprint density at radius 2 is 0.253 bits per heavy atom. The van der Waals surface area contributed by atoms with Gasteiger partial charge in [-0.3, -0.25) is 0 Å². The second kappa shape index (κ2) is 45.7. The van der Waals surface area contributed by atoms with Crippen LogP contribution in [0.3, 0.4) is 0 Å². The number of aryl methyl sites for hydroxylation is 14. The molecule has 0 amide bonds. The molecule has 0 aromatic heterocycles. The van der Waals surface area contributed by atoms with E-state index in [1.165, 1.54) is 273 Å². The van der Waals surface area contributed by atoms with Crippen molar-refractivity contribution < 1.29 is 0 Å². The van der Waals surface area contributed by atoms with E-state index >= 15 is 0 Å². The summed E-state index contributed by atoms with van der Waals surface area (Å²) < 4.78 is 0. The van der Waals surface area contributed by atoms with Crippen LogP contribution in [0.15, 0.2) is 388 Å². The van der Waals surface area contributed by atoms with E-state index in [0.29, 0.717) is 0 Å². The van der Waals surface area contributed by atoms with Crippen LogP contribution >= 0.6 is 47.5 Å². The second-order valence-electron chi connectivity index (χ2n) is 41.9. The summed E-state index contributed by atoms with van der Waals surface area (Å²) in [5, 5.41) is 26.6. The van der Waals surface area contributed by atoms with Gasteiger partial charge < -0.3 is 0 Å². The molecular weight excluding hydrogens is 1870 g/mol. The molecule has 0 saturated heterocycles. The monoisotopic (exact) mass is 2000 g/mol. The summed E-state index contributed by atoms with van der Waals surface area (Å²) in [6.45, 7) is 18.0. The quantitative estimate of drug-likeness (QED) is 0.0629. The van der Waals surface area contributed by atoms with Gasteiger partial charge in [-0.15, -0.1) is 0 Å². The maximum absolute atomic E-state index is 2.57. The van der Waals surface area contributed by atoms with Gasteiger partial charge in [0.05, 0.1) is 0 Å². The van der Waals surface area contributed by atoms with Gasteiger partial charge >= 0.3 is 0 Å². The largest absolute Gasteiger partial charge is 0.0622 e. The fraction of sp³-hybridized carbons (Fsp3) is 0.229. The number of hydrogen-bond donors (Lipinski definition) is 0. The highest BCUT2D eigenvalue weighted by molar-refractivity contribution is 7.82. The van der Waals surface area contributed by atoms with Crippen LogP contribution < -0.4 is 95.5 Å². The maximum Gasteiger partial charge on any atom is -0.00559 e. The van der Waals surface area contributed by atoms with Crippen LogP contribution in [-0.4, -0.2) is 0 Å². The second-order valence-corrected chi connectivity index (χ2v) is 55.0. The van der Waals surface area contributed by atoms with Gasteiger partial charge in [0.1, 0.15) is 0 Å². The number of rotatable bonds is 21. The van der Waals surface area contributed by atoms with E-state index in [9.17, 15) is 0 Å². The molecule has 146 heavy (non-hydrogen) atoms. The Labute approximate surface area is 878 Å². The SMILES string of the molecule is Cc1cccc(P(c2cccc(C)c2)c2ccc3c(c2-c2c(P(c4cccc(C)c4)c4cccc(C)c4)ccc4c2CCCC4)CCCC3)c1.Cc1cccc(P(c2cccc(C)c2)c2ccc3c(c2-c2c(P(c4cccc(C)c4)c4cccc(C)c4)ccc4c2CCCC4)CCCC3)c1.c1ccc(P(c2ccccc2)c2ccc3c(c2-c2c(P(c4ccccc4)c4ccccc4)ccc4c2CCCC4)CCCC3)cc1. The topological polar surface area (TPSA) is 0 Å². The van der Waals surface area contributed by atoms with Crippen LogP contribution in [0.2, 0.25) is 0 Å². The van der Waals surface area contributed by atoms with Gasteiger partial charge in [0.2, 0.25) is 0 Å². The van der Waals surface area contributed by atoms with Crippen molar-refractivity contribution >= 4 is 143 Å². The fourth-order valence-electron chi connectivity index (χ4n) is 24.7. The predicted octanol–water partition coefficient (Wildman–Crippen LogP) is 28.4. The molecule has 18 aromatic rings. The average molecular weight is 2000 g/mol. The van der Waals surface area contributed by atoms with E-state index in [1.807, 2.05) is 0 Å². The van der Waals surface area contributed by atoms with Crippen LogP contribution in [-0.2, 0) is 77.0 Å². The van der Waals surface area contributed by atoms with Gasteiger partial charge in [0.25, 0.3) is 0 Å². The van der Waals surface area contributed by atoms with Crippen molar-refractivity contribution in [2.75, 3.05) is 0 Å². The molecule has 0 atom stereocenters. The molecule has 6 aliphatic carbocycles. The van der Waals surface area contributed by atoms with E-state index in [2.05, 4.69) is 444 Å². The number of fused-ring (bicyclic) bond motifs is 6. The minimum Gasteiger partial charge on any atom is -0.0622 e. The van der Waals surface area contributed by atoms with Gasteiger partial charge in [-0.1, -0.05) is 433 Å². The van der Waals surface area contributed by atoms with Crippen molar-refractivity contribution in [3.05, 3.63) is 500 Å². The molecule has 6 aliphatic rings. The van der Waals surface area contributed by atoms with E-state index in [1.54, 1.807) is 121 Å². The normalized spacial score (nSPS) is 14.2. The molecule has 0 fully saturated rings. The lowest BCUT2D eigenvalue weighted by Crippen LogP contribution is -2.29. The molecule has 0 unspecified atom stereocenters. The minimum atomic E-state index is -0.795. The Morgan fingerprint density at radius 3 is 0.397 bits per heavy atom. The van der Waals surface area contributed by atoms with Crippen LogP contribution in [0.25, 0.3) is 33.4 Å². The Kier molecular flexibility index (Phi) is 31.0. The molecule has 18 aromatic carbocycles. The molecule has 0 bridgehead atoms. The van der Waals surface area contributed by atoms with E-state index in [-0.39, 0.29) is 0 Å². The number of hydrogen-bond acceptors (Lipinski definition) is 0. The zero-order valence-corrected chi connectivity index (χ0v) is 92.0. The van der Waals surface area contributed by atoms with Crippen molar-refractivity contribution in [1.29, 1.82) is 0 Å². The molecule has 0 nitrogen and oxygen atoms in total. The summed E-state index contributed by atoms with van der Waals surface area (Å²) in [5.41, 5.74) is 39.4. The van der Waals surface area contributed by atoms with Crippen molar-refractivity contribution in [2.45, 2.75) is 209 Å². The van der Waals surface area contributed by atoms with E-state index < -0.39 is 47.5 Å². The lowest BCUT2D eigenvalue weighted by atomic mass is 9.81. The summed E-state index contributed by atoms with van der Waals surface area (Å²) in [6.07, 6.45) is 29.5. The first-order chi connectivity index (χ1) is 71.7. The van der Waals surface area contributed by atoms with Crippen molar-refractivity contribution in [3.8, 4) is 33.4 Å². The molecule has 0 saturated carbocycles. The molecule has 726 valence electrons. The Bertz CT molecular complexity index is 6730. The first-order valence-corrected chi connectivity index (χ1v) is 62.2. The third-order valence-electron chi connectivity index (χ3n) is 31.4. The molecule has 6 heteroatoms. The molecule has 24 rings (SSSR count). The molecule has 0 radical (unpaired) electrons. The standard InChI is InChI=1S/2C48H48P2.C44H40P2/c2*1-33-13-9-19-39(29-33)49(40-20-10-14-34(2)30-40)45-27-25-37-17-5-7-23-43(37)47(45)48-44-24-8-6-18-38(44)26-28-46(48)50(41-21-11-15-35(3)31-41)42-22-12-16-36(4)32-42;1-5-19-35(20-6-1)45(36-21-7-2-8-22-36)41-31-29-33-17-13-15-27-39(33)43(41)44-40-28-16-14-18-34(40)30-32-42(44)46(37-23-9-3-10-24-37)38-25-11-4-12-26-38/h2*9-16,19-22,25-32H,5-8,17-18,23-24H2,1-4H3;1-12,19-26,29-32H,13-18,27-28H2. The highest BCUT2D eigenvalue weighted by Gasteiger charge is 2.38. The summed E-state index contributed by atoms with van der Waals surface area (Å²) in [4.78, 5) is 0. The third-order valence-corrected chi connectivity index (χ3v) is 46.1. The van der Waals surface area contributed by atoms with Crippen molar-refractivity contribution in [2.24, 2.45) is 0 Å². The first-order valence-electron chi connectivity index (χ1n) is 54.2. The third kappa shape index (κ3) is 21.2. The summed E-state index contributed by atoms with van der Waals surface area (Å²) in [7, 11) is -4.68. The minimum absolute atomic E-state index is 0.752. The van der Waals surface area contributed by atoms with Crippen LogP contribution in [0.5, 0.6) is 0 Å². The number of benzene rings is 18. The summed E-state index contributed by atoms with van der Waals surface area (Å²) in [5.74, 6) is 0. The van der Waals surface area contributed by atoms with Gasteiger partial charge in [0.15, 0.2) is 0 Å².